The number of fused-ring (bicyclic) bond motifs is 1. The van der Waals surface area contributed by atoms with Crippen LogP contribution in [0.25, 0.3) is 0 Å². The first kappa shape index (κ1) is 21.1. The van der Waals surface area contributed by atoms with Gasteiger partial charge in [-0.25, -0.2) is 16.8 Å². The number of rotatable bonds is 4. The van der Waals surface area contributed by atoms with Crippen LogP contribution in [0.3, 0.4) is 0 Å². The zero-order valence-corrected chi connectivity index (χ0v) is 18.8. The summed E-state index contributed by atoms with van der Waals surface area (Å²) in [4.78, 5) is 0.122. The Balaban J connectivity index is 1.97. The Hall–Kier alpha value is -2.18. The van der Waals surface area contributed by atoms with Crippen LogP contribution < -0.4 is 0 Å². The highest BCUT2D eigenvalue weighted by Gasteiger charge is 2.62. The SMILES string of the molecule is CC(C)=C1CC=C[C@@H]2CC(S(=O)(=O)c3ccccc3)(S(=O)(=O)c3ccccc3)C[C@@H]12. The molecule has 1 saturated carbocycles. The molecule has 0 bridgehead atoms. The molecule has 2 aromatic carbocycles. The minimum absolute atomic E-state index is 0.0610. The smallest absolute Gasteiger partial charge is 0.198 e. The van der Waals surface area contributed by atoms with Crippen LogP contribution in [0.4, 0.5) is 0 Å². The van der Waals surface area contributed by atoms with Gasteiger partial charge < -0.3 is 0 Å². The third-order valence-electron chi connectivity index (χ3n) is 6.49. The highest BCUT2D eigenvalue weighted by Crippen LogP contribution is 2.56. The number of allylic oxidation sites excluding steroid dienone is 4. The Morgan fingerprint density at radius 1 is 0.800 bits per heavy atom. The number of hydrogen-bond acceptors (Lipinski definition) is 4. The van der Waals surface area contributed by atoms with Crippen LogP contribution in [0.15, 0.2) is 93.8 Å². The Morgan fingerprint density at radius 2 is 1.30 bits per heavy atom. The van der Waals surface area contributed by atoms with Gasteiger partial charge in [0.1, 0.15) is 0 Å². The normalized spacial score (nSPS) is 23.2. The minimum Gasteiger partial charge on any atom is -0.222 e. The zero-order valence-electron chi connectivity index (χ0n) is 17.2. The summed E-state index contributed by atoms with van der Waals surface area (Å²) in [6, 6.07) is 16.0. The van der Waals surface area contributed by atoms with Crippen molar-refractivity contribution in [2.75, 3.05) is 0 Å². The summed E-state index contributed by atoms with van der Waals surface area (Å²) in [5.74, 6) is -0.197. The minimum atomic E-state index is -4.16. The average molecular weight is 443 g/mol. The predicted octanol–water partition coefficient (Wildman–Crippen LogP) is 4.95. The van der Waals surface area contributed by atoms with E-state index in [-0.39, 0.29) is 34.5 Å². The molecule has 2 aliphatic rings. The molecule has 30 heavy (non-hydrogen) atoms. The van der Waals surface area contributed by atoms with E-state index in [1.54, 1.807) is 36.4 Å². The Morgan fingerprint density at radius 3 is 1.77 bits per heavy atom. The summed E-state index contributed by atoms with van der Waals surface area (Å²) in [7, 11) is -8.32. The molecule has 0 heterocycles. The molecule has 4 rings (SSSR count). The molecule has 0 aliphatic heterocycles. The van der Waals surface area contributed by atoms with Gasteiger partial charge in [-0.3, -0.25) is 0 Å². The number of sulfone groups is 2. The molecule has 4 nitrogen and oxygen atoms in total. The molecule has 0 aromatic heterocycles. The lowest BCUT2D eigenvalue weighted by atomic mass is 9.80. The van der Waals surface area contributed by atoms with Crippen molar-refractivity contribution in [3.8, 4) is 0 Å². The first-order valence-electron chi connectivity index (χ1n) is 10.1. The molecular weight excluding hydrogens is 416 g/mol. The topological polar surface area (TPSA) is 68.3 Å². The summed E-state index contributed by atoms with van der Waals surface area (Å²) in [5.41, 5.74) is 2.30. The third kappa shape index (κ3) is 3.08. The van der Waals surface area contributed by atoms with E-state index in [9.17, 15) is 16.8 Å². The molecule has 2 aliphatic carbocycles. The lowest BCUT2D eigenvalue weighted by Gasteiger charge is -2.29. The van der Waals surface area contributed by atoms with Crippen molar-refractivity contribution in [2.45, 2.75) is 47.0 Å². The predicted molar refractivity (Wildman–Crippen MR) is 118 cm³/mol. The highest BCUT2D eigenvalue weighted by atomic mass is 32.3. The van der Waals surface area contributed by atoms with Crippen LogP contribution in [0.2, 0.25) is 0 Å². The summed E-state index contributed by atoms with van der Waals surface area (Å²) in [5, 5.41) is 0. The number of hydrogen-bond donors (Lipinski definition) is 0. The van der Waals surface area contributed by atoms with Crippen molar-refractivity contribution in [2.24, 2.45) is 11.8 Å². The Bertz CT molecular complexity index is 1130. The maximum absolute atomic E-state index is 14.0. The maximum Gasteiger partial charge on any atom is 0.198 e. The molecule has 0 amide bonds. The van der Waals surface area contributed by atoms with Gasteiger partial charge in [0.05, 0.1) is 9.79 Å². The summed E-state index contributed by atoms with van der Waals surface area (Å²) in [6.45, 7) is 4.03. The van der Waals surface area contributed by atoms with Gasteiger partial charge in [-0.05, 0) is 69.2 Å². The van der Waals surface area contributed by atoms with Crippen LogP contribution in [0.5, 0.6) is 0 Å². The van der Waals surface area contributed by atoms with E-state index < -0.39 is 23.8 Å². The molecule has 2 atom stereocenters. The fourth-order valence-corrected chi connectivity index (χ4v) is 10.2. The van der Waals surface area contributed by atoms with Gasteiger partial charge in [-0.1, -0.05) is 59.7 Å². The molecule has 0 spiro atoms. The summed E-state index contributed by atoms with van der Waals surface area (Å²) < 4.78 is 54.0. The van der Waals surface area contributed by atoms with E-state index in [1.807, 2.05) is 26.0 Å². The van der Waals surface area contributed by atoms with E-state index in [2.05, 4.69) is 0 Å². The second kappa shape index (κ2) is 7.50. The van der Waals surface area contributed by atoms with Crippen LogP contribution in [-0.2, 0) is 19.7 Å². The Kier molecular flexibility index (Phi) is 5.27. The van der Waals surface area contributed by atoms with Crippen molar-refractivity contribution < 1.29 is 16.8 Å². The highest BCUT2D eigenvalue weighted by molar-refractivity contribution is 8.10. The van der Waals surface area contributed by atoms with Gasteiger partial charge in [0.2, 0.25) is 0 Å². The number of benzene rings is 2. The molecule has 0 saturated heterocycles. The van der Waals surface area contributed by atoms with Crippen molar-refractivity contribution >= 4 is 19.7 Å². The molecule has 2 aromatic rings. The van der Waals surface area contributed by atoms with Gasteiger partial charge in [-0.2, -0.15) is 0 Å². The van der Waals surface area contributed by atoms with Crippen molar-refractivity contribution in [3.05, 3.63) is 84.0 Å². The molecule has 158 valence electrons. The van der Waals surface area contributed by atoms with Gasteiger partial charge in [0, 0.05) is 0 Å². The van der Waals surface area contributed by atoms with Crippen molar-refractivity contribution in [3.63, 3.8) is 0 Å². The molecule has 6 heteroatoms. The molecular formula is C24H26O4S2. The fraction of sp³-hybridized carbons (Fsp3) is 0.333. The van der Waals surface area contributed by atoms with Gasteiger partial charge >= 0.3 is 0 Å². The van der Waals surface area contributed by atoms with Gasteiger partial charge in [-0.15, -0.1) is 0 Å². The molecule has 0 radical (unpaired) electrons. The van der Waals surface area contributed by atoms with Crippen LogP contribution in [-0.4, -0.2) is 20.9 Å². The van der Waals surface area contributed by atoms with E-state index in [0.717, 1.165) is 17.6 Å². The average Bonchev–Trinajstić information content (AvgIpc) is 3.17. The van der Waals surface area contributed by atoms with E-state index >= 15 is 0 Å². The molecule has 1 fully saturated rings. The maximum atomic E-state index is 14.0. The monoisotopic (exact) mass is 442 g/mol. The molecule has 0 N–H and O–H groups in total. The zero-order chi connectivity index (χ0) is 21.6. The van der Waals surface area contributed by atoms with E-state index in [4.69, 9.17) is 0 Å². The first-order chi connectivity index (χ1) is 14.2. The second-order valence-electron chi connectivity index (χ2n) is 8.38. The lowest BCUT2D eigenvalue weighted by molar-refractivity contribution is 0.500. The van der Waals surface area contributed by atoms with Crippen LogP contribution in [0, 0.1) is 11.8 Å². The first-order valence-corrected chi connectivity index (χ1v) is 13.1. The lowest BCUT2D eigenvalue weighted by Crippen LogP contribution is -2.44. The summed E-state index contributed by atoms with van der Waals surface area (Å²) >= 11 is 0. The fourth-order valence-electron chi connectivity index (χ4n) is 4.96. The Labute approximate surface area is 179 Å². The van der Waals surface area contributed by atoms with E-state index in [1.165, 1.54) is 24.3 Å². The van der Waals surface area contributed by atoms with Crippen LogP contribution in [0.1, 0.15) is 33.1 Å². The third-order valence-corrected chi connectivity index (χ3v) is 12.2. The van der Waals surface area contributed by atoms with Gasteiger partial charge in [0.15, 0.2) is 23.8 Å². The standard InChI is InChI=1S/C24H26O4S2/c1-18(2)22-15-9-10-19-16-24(17-23(19)22,29(25,26)20-11-5-3-6-12-20)30(27,28)21-13-7-4-8-14-21/h3-14,19,23H,15-17H2,1-2H3/t19-,23-/m1/s1. The van der Waals surface area contributed by atoms with Gasteiger partial charge in [0.25, 0.3) is 0 Å². The van der Waals surface area contributed by atoms with Crippen molar-refractivity contribution in [1.82, 2.24) is 0 Å². The van der Waals surface area contributed by atoms with Crippen molar-refractivity contribution in [1.29, 1.82) is 0 Å². The quantitative estimate of drug-likeness (QED) is 0.628. The van der Waals surface area contributed by atoms with Crippen LogP contribution >= 0.6 is 0 Å². The van der Waals surface area contributed by atoms with E-state index in [0.29, 0.717) is 0 Å². The molecule has 0 unspecified atom stereocenters. The summed E-state index contributed by atoms with van der Waals surface area (Å²) in [6.07, 6.45) is 4.95. The second-order valence-corrected chi connectivity index (χ2v) is 13.2. The largest absolute Gasteiger partial charge is 0.222 e.